The highest BCUT2D eigenvalue weighted by atomic mass is 35.5. The van der Waals surface area contributed by atoms with E-state index in [1.807, 2.05) is 0 Å². The second-order valence-electron chi connectivity index (χ2n) is 10.1. The molecule has 1 saturated heterocycles. The highest BCUT2D eigenvalue weighted by Crippen LogP contribution is 2.36. The summed E-state index contributed by atoms with van der Waals surface area (Å²) in [6.07, 6.45) is -9.48. The van der Waals surface area contributed by atoms with Gasteiger partial charge >= 0.3 is 12.5 Å². The van der Waals surface area contributed by atoms with E-state index < -0.39 is 54.2 Å². The molecule has 3 aromatic rings. The van der Waals surface area contributed by atoms with Crippen molar-refractivity contribution in [3.63, 3.8) is 0 Å². The van der Waals surface area contributed by atoms with Crippen molar-refractivity contribution in [3.05, 3.63) is 76.3 Å². The fraction of sp³-hybridized carbons (Fsp3) is 0.276. The summed E-state index contributed by atoms with van der Waals surface area (Å²) in [5.74, 6) is -2.32. The zero-order valence-electron chi connectivity index (χ0n) is 22.7. The number of hydrogen-bond donors (Lipinski definition) is 1. The number of aryl methyl sites for hydroxylation is 1. The minimum atomic E-state index is -4.92. The number of carbonyl (C=O) groups is 3. The number of carbonyl (C=O) groups excluding carboxylic acids is 3. The first-order valence-electron chi connectivity index (χ1n) is 13.0. The molecule has 2 heterocycles. The average molecular weight is 642 g/mol. The summed E-state index contributed by atoms with van der Waals surface area (Å²) in [6, 6.07) is 9.83. The van der Waals surface area contributed by atoms with Crippen LogP contribution in [0.5, 0.6) is 11.5 Å². The molecule has 232 valence electrons. The number of fused-ring (bicyclic) bond motifs is 2. The Hall–Kier alpha value is -4.46. The van der Waals surface area contributed by atoms with Crippen LogP contribution in [-0.4, -0.2) is 66.2 Å². The van der Waals surface area contributed by atoms with Crippen LogP contribution in [0, 0.1) is 6.92 Å². The predicted octanol–water partition coefficient (Wildman–Crippen LogP) is 5.92. The molecule has 0 radical (unpaired) electrons. The van der Waals surface area contributed by atoms with Crippen LogP contribution in [0.4, 0.5) is 32.0 Å². The molecule has 2 aliphatic heterocycles. The predicted molar refractivity (Wildman–Crippen MR) is 145 cm³/mol. The molecule has 3 aromatic carbocycles. The molecule has 15 heteroatoms. The van der Waals surface area contributed by atoms with Gasteiger partial charge in [0.2, 0.25) is 5.91 Å². The van der Waals surface area contributed by atoms with Crippen LogP contribution in [0.1, 0.15) is 21.5 Å². The summed E-state index contributed by atoms with van der Waals surface area (Å²) >= 11 is 5.96. The molecule has 0 saturated carbocycles. The minimum Gasteiger partial charge on any atom is -0.482 e. The number of alkyl halides is 6. The van der Waals surface area contributed by atoms with Gasteiger partial charge in [-0.25, -0.2) is 0 Å². The number of anilines is 1. The van der Waals surface area contributed by atoms with E-state index in [0.717, 1.165) is 30.3 Å². The maximum absolute atomic E-state index is 13.6. The maximum Gasteiger partial charge on any atom is 0.573 e. The Labute approximate surface area is 251 Å². The number of rotatable bonds is 5. The second kappa shape index (κ2) is 11.6. The highest BCUT2D eigenvalue weighted by Gasteiger charge is 2.41. The Morgan fingerprint density at radius 3 is 2.41 bits per heavy atom. The molecule has 0 spiro atoms. The van der Waals surface area contributed by atoms with E-state index in [1.54, 1.807) is 6.07 Å². The van der Waals surface area contributed by atoms with Crippen molar-refractivity contribution in [1.29, 1.82) is 0 Å². The summed E-state index contributed by atoms with van der Waals surface area (Å²) in [7, 11) is 0. The van der Waals surface area contributed by atoms with Gasteiger partial charge < -0.3 is 24.6 Å². The smallest absolute Gasteiger partial charge is 0.482 e. The van der Waals surface area contributed by atoms with Crippen molar-refractivity contribution in [2.45, 2.75) is 25.5 Å². The monoisotopic (exact) mass is 641 g/mol. The van der Waals surface area contributed by atoms with E-state index in [4.69, 9.17) is 16.3 Å². The average Bonchev–Trinajstić information content (AvgIpc) is 3.04. The summed E-state index contributed by atoms with van der Waals surface area (Å²) in [5.41, 5.74) is 0.408. The third-order valence-electron chi connectivity index (χ3n) is 7.03. The van der Waals surface area contributed by atoms with Crippen LogP contribution in [0.15, 0.2) is 54.6 Å². The lowest BCUT2D eigenvalue weighted by Gasteiger charge is -2.39. The fourth-order valence-corrected chi connectivity index (χ4v) is 5.22. The van der Waals surface area contributed by atoms with Gasteiger partial charge in [0.25, 0.3) is 11.8 Å². The molecule has 3 amide bonds. The number of benzene rings is 3. The molecule has 1 N–H and O–H groups in total. The first-order valence-corrected chi connectivity index (χ1v) is 13.4. The lowest BCUT2D eigenvalue weighted by molar-refractivity contribution is -0.274. The van der Waals surface area contributed by atoms with Crippen molar-refractivity contribution in [2.75, 3.05) is 31.6 Å². The van der Waals surface area contributed by atoms with Gasteiger partial charge in [0, 0.05) is 19.2 Å². The zero-order valence-corrected chi connectivity index (χ0v) is 23.4. The largest absolute Gasteiger partial charge is 0.573 e. The van der Waals surface area contributed by atoms with Crippen molar-refractivity contribution in [2.24, 2.45) is 0 Å². The number of nitrogens with one attached hydrogen (secondary N) is 1. The third-order valence-corrected chi connectivity index (χ3v) is 7.33. The Balaban J connectivity index is 1.29. The van der Waals surface area contributed by atoms with E-state index in [0.29, 0.717) is 11.1 Å². The molecule has 8 nitrogen and oxygen atoms in total. The highest BCUT2D eigenvalue weighted by molar-refractivity contribution is 6.32. The van der Waals surface area contributed by atoms with Crippen LogP contribution in [0.25, 0.3) is 11.1 Å². The van der Waals surface area contributed by atoms with E-state index in [-0.39, 0.29) is 47.2 Å². The first kappa shape index (κ1) is 31.0. The van der Waals surface area contributed by atoms with E-state index >= 15 is 0 Å². The van der Waals surface area contributed by atoms with Crippen LogP contribution in [0.2, 0.25) is 5.02 Å². The number of ether oxygens (including phenoxy) is 2. The molecule has 1 atom stereocenters. The summed E-state index contributed by atoms with van der Waals surface area (Å²) < 4.78 is 86.6. The van der Waals surface area contributed by atoms with Gasteiger partial charge in [-0.15, -0.1) is 13.2 Å². The van der Waals surface area contributed by atoms with Crippen molar-refractivity contribution in [1.82, 2.24) is 9.80 Å². The van der Waals surface area contributed by atoms with Crippen molar-refractivity contribution < 1.29 is 50.2 Å². The number of nitrogens with zero attached hydrogens (tertiary/aromatic N) is 2. The Morgan fingerprint density at radius 1 is 0.977 bits per heavy atom. The number of amides is 3. The van der Waals surface area contributed by atoms with Gasteiger partial charge in [-0.1, -0.05) is 23.7 Å². The first-order chi connectivity index (χ1) is 20.6. The number of halogens is 7. The third kappa shape index (κ3) is 6.69. The standard InChI is InChI=1S/C29H22ClF6N3O5/c1-15-8-17(10-18(9-15)28(31,32)33)16-2-4-22-20(11-16)27(42)39-7-6-38(13-23(39)26(41)37-22)25(40)14-43-24-5-3-19(12-21(24)30)44-29(34,35)36/h2-5,8-12,23H,6-7,13-14H2,1H3,(H,37,41). The number of hydrogen-bond acceptors (Lipinski definition) is 5. The van der Waals surface area contributed by atoms with Crippen LogP contribution >= 0.6 is 11.6 Å². The molecule has 1 fully saturated rings. The van der Waals surface area contributed by atoms with Gasteiger partial charge in [0.05, 0.1) is 28.4 Å². The molecule has 1 unspecified atom stereocenters. The topological polar surface area (TPSA) is 88.2 Å². The van der Waals surface area contributed by atoms with Crippen LogP contribution in [-0.2, 0) is 15.8 Å². The fourth-order valence-electron chi connectivity index (χ4n) is 5.00. The van der Waals surface area contributed by atoms with Crippen molar-refractivity contribution in [3.8, 4) is 22.6 Å². The van der Waals surface area contributed by atoms with E-state index in [1.165, 1.54) is 34.9 Å². The minimum absolute atomic E-state index is 0.0285. The summed E-state index contributed by atoms with van der Waals surface area (Å²) in [5, 5.41) is 2.44. The molecule has 5 rings (SSSR count). The van der Waals surface area contributed by atoms with Gasteiger partial charge in [-0.05, 0) is 60.0 Å². The summed E-state index contributed by atoms with van der Waals surface area (Å²) in [6.45, 7) is 0.799. The molecule has 2 aliphatic rings. The Kier molecular flexibility index (Phi) is 8.14. The van der Waals surface area contributed by atoms with Gasteiger partial charge in [-0.3, -0.25) is 14.4 Å². The normalized spacial score (nSPS) is 17.0. The number of piperazine rings is 1. The summed E-state index contributed by atoms with van der Waals surface area (Å²) in [4.78, 5) is 42.2. The maximum atomic E-state index is 13.6. The lowest BCUT2D eigenvalue weighted by Crippen LogP contribution is -2.60. The Bertz CT molecular complexity index is 1640. The van der Waals surface area contributed by atoms with Crippen LogP contribution < -0.4 is 14.8 Å². The van der Waals surface area contributed by atoms with Crippen LogP contribution in [0.3, 0.4) is 0 Å². The van der Waals surface area contributed by atoms with Gasteiger partial charge in [0.15, 0.2) is 6.61 Å². The quantitative estimate of drug-likeness (QED) is 0.350. The molecule has 0 bridgehead atoms. The van der Waals surface area contributed by atoms with E-state index in [2.05, 4.69) is 10.1 Å². The second-order valence-corrected chi connectivity index (χ2v) is 10.5. The lowest BCUT2D eigenvalue weighted by atomic mass is 9.97. The molecular weight excluding hydrogens is 620 g/mol. The zero-order chi connectivity index (χ0) is 32.0. The van der Waals surface area contributed by atoms with Gasteiger partial charge in [-0.2, -0.15) is 13.2 Å². The Morgan fingerprint density at radius 2 is 1.73 bits per heavy atom. The SMILES string of the molecule is Cc1cc(-c2ccc3c(c2)C(=O)N2CCN(C(=O)COc4ccc(OC(F)(F)F)cc4Cl)CC2C(=O)N3)cc(C(F)(F)F)c1. The van der Waals surface area contributed by atoms with E-state index in [9.17, 15) is 40.7 Å². The van der Waals surface area contributed by atoms with Crippen molar-refractivity contribution >= 4 is 35.0 Å². The molecule has 0 aromatic heterocycles. The molecular formula is C29H22ClF6N3O5. The van der Waals surface area contributed by atoms with Gasteiger partial charge in [0.1, 0.15) is 17.5 Å². The molecule has 0 aliphatic carbocycles. The molecule has 44 heavy (non-hydrogen) atoms.